The number of nitrogens with zero attached hydrogens (tertiary/aromatic N) is 4. The molecule has 0 spiro atoms. The van der Waals surface area contributed by atoms with Crippen LogP contribution in [0.3, 0.4) is 0 Å². The number of benzene rings is 1. The Morgan fingerprint density at radius 3 is 2.96 bits per heavy atom. The zero-order valence-corrected chi connectivity index (χ0v) is 15.2. The standard InChI is InChI=1S/C20H27N5/c1-15-23-19-7-3-4-9-20(19)25(15)11-10-21-18-8-5-6-17(18)12-16-13-22-24(2)14-16/h3-4,7,9,13-14,17-18,21H,5-6,8,10-12H2,1-2H3. The molecule has 1 aliphatic rings. The highest BCUT2D eigenvalue weighted by molar-refractivity contribution is 5.75. The Kier molecular flexibility index (Phi) is 4.57. The lowest BCUT2D eigenvalue weighted by atomic mass is 9.96. The van der Waals surface area contributed by atoms with E-state index in [4.69, 9.17) is 0 Å². The minimum absolute atomic E-state index is 0.621. The van der Waals surface area contributed by atoms with E-state index in [9.17, 15) is 0 Å². The third-order valence-corrected chi connectivity index (χ3v) is 5.50. The zero-order chi connectivity index (χ0) is 17.2. The van der Waals surface area contributed by atoms with Gasteiger partial charge >= 0.3 is 0 Å². The molecule has 5 nitrogen and oxygen atoms in total. The fourth-order valence-corrected chi connectivity index (χ4v) is 4.27. The van der Waals surface area contributed by atoms with Gasteiger partial charge in [0.15, 0.2) is 0 Å². The second-order valence-corrected chi connectivity index (χ2v) is 7.28. The van der Waals surface area contributed by atoms with Crippen molar-refractivity contribution < 1.29 is 0 Å². The largest absolute Gasteiger partial charge is 0.327 e. The van der Waals surface area contributed by atoms with Crippen molar-refractivity contribution in [3.8, 4) is 0 Å². The van der Waals surface area contributed by atoms with Crippen LogP contribution in [-0.2, 0) is 20.0 Å². The van der Waals surface area contributed by atoms with Gasteiger partial charge in [0.05, 0.1) is 17.2 Å². The molecule has 0 radical (unpaired) electrons. The number of hydrogen-bond donors (Lipinski definition) is 1. The molecular formula is C20H27N5. The molecule has 25 heavy (non-hydrogen) atoms. The first-order valence-corrected chi connectivity index (χ1v) is 9.33. The van der Waals surface area contributed by atoms with E-state index < -0.39 is 0 Å². The van der Waals surface area contributed by atoms with E-state index in [1.165, 1.54) is 30.3 Å². The molecule has 1 aromatic carbocycles. The van der Waals surface area contributed by atoms with Gasteiger partial charge < -0.3 is 9.88 Å². The van der Waals surface area contributed by atoms with Crippen LogP contribution in [0.25, 0.3) is 11.0 Å². The van der Waals surface area contributed by atoms with Crippen molar-refractivity contribution in [3.63, 3.8) is 0 Å². The maximum Gasteiger partial charge on any atom is 0.106 e. The van der Waals surface area contributed by atoms with Gasteiger partial charge in [0.1, 0.15) is 5.82 Å². The van der Waals surface area contributed by atoms with Gasteiger partial charge in [-0.05, 0) is 49.8 Å². The van der Waals surface area contributed by atoms with Crippen LogP contribution >= 0.6 is 0 Å². The number of hydrogen-bond acceptors (Lipinski definition) is 3. The van der Waals surface area contributed by atoms with Gasteiger partial charge in [-0.1, -0.05) is 18.6 Å². The summed E-state index contributed by atoms with van der Waals surface area (Å²) in [6, 6.07) is 9.02. The summed E-state index contributed by atoms with van der Waals surface area (Å²) in [6.45, 7) is 4.07. The molecule has 0 bridgehead atoms. The summed E-state index contributed by atoms with van der Waals surface area (Å²) in [4.78, 5) is 4.66. The van der Waals surface area contributed by atoms with Gasteiger partial charge in [0, 0.05) is 32.4 Å². The summed E-state index contributed by atoms with van der Waals surface area (Å²) < 4.78 is 4.23. The Balaban J connectivity index is 1.36. The van der Waals surface area contributed by atoms with E-state index in [-0.39, 0.29) is 0 Å². The predicted octanol–water partition coefficient (Wildman–Crippen LogP) is 3.08. The number of imidazole rings is 1. The van der Waals surface area contributed by atoms with Crippen molar-refractivity contribution in [1.82, 2.24) is 24.6 Å². The minimum Gasteiger partial charge on any atom is -0.327 e. The lowest BCUT2D eigenvalue weighted by Gasteiger charge is -2.21. The van der Waals surface area contributed by atoms with Crippen LogP contribution < -0.4 is 5.32 Å². The van der Waals surface area contributed by atoms with Crippen LogP contribution in [-0.4, -0.2) is 31.9 Å². The number of para-hydroxylation sites is 2. The van der Waals surface area contributed by atoms with Crippen LogP contribution in [0.5, 0.6) is 0 Å². The lowest BCUT2D eigenvalue weighted by Crippen LogP contribution is -2.35. The number of aromatic nitrogens is 4. The second-order valence-electron chi connectivity index (χ2n) is 7.28. The summed E-state index contributed by atoms with van der Waals surface area (Å²) >= 11 is 0. The fraction of sp³-hybridized carbons (Fsp3) is 0.500. The van der Waals surface area contributed by atoms with Crippen LogP contribution in [0.1, 0.15) is 30.7 Å². The quantitative estimate of drug-likeness (QED) is 0.752. The Hall–Kier alpha value is -2.14. The summed E-state index contributed by atoms with van der Waals surface area (Å²) in [5.41, 5.74) is 3.69. The molecule has 2 atom stereocenters. The Labute approximate surface area is 149 Å². The van der Waals surface area contributed by atoms with Gasteiger partial charge in [0.2, 0.25) is 0 Å². The van der Waals surface area contributed by atoms with Crippen LogP contribution in [0, 0.1) is 12.8 Å². The molecule has 1 N–H and O–H groups in total. The predicted molar refractivity (Wildman–Crippen MR) is 101 cm³/mol. The highest BCUT2D eigenvalue weighted by Crippen LogP contribution is 2.28. The highest BCUT2D eigenvalue weighted by Gasteiger charge is 2.27. The maximum atomic E-state index is 4.66. The van der Waals surface area contributed by atoms with E-state index in [1.807, 2.05) is 17.9 Å². The molecule has 1 aliphatic carbocycles. The first kappa shape index (κ1) is 16.3. The Morgan fingerprint density at radius 1 is 1.24 bits per heavy atom. The van der Waals surface area contributed by atoms with E-state index in [0.717, 1.165) is 36.8 Å². The third-order valence-electron chi connectivity index (χ3n) is 5.50. The van der Waals surface area contributed by atoms with Crippen molar-refractivity contribution in [3.05, 3.63) is 48.0 Å². The Bertz CT molecular complexity index is 847. The van der Waals surface area contributed by atoms with Gasteiger partial charge in [-0.2, -0.15) is 5.10 Å². The summed E-state index contributed by atoms with van der Waals surface area (Å²) in [7, 11) is 1.99. The molecule has 0 aliphatic heterocycles. The number of nitrogens with one attached hydrogen (secondary N) is 1. The monoisotopic (exact) mass is 337 g/mol. The number of aryl methyl sites for hydroxylation is 2. The lowest BCUT2D eigenvalue weighted by molar-refractivity contribution is 0.391. The van der Waals surface area contributed by atoms with E-state index in [2.05, 4.69) is 57.4 Å². The molecule has 2 heterocycles. The van der Waals surface area contributed by atoms with E-state index in [1.54, 1.807) is 0 Å². The third kappa shape index (κ3) is 3.47. The molecule has 5 heteroatoms. The fourth-order valence-electron chi connectivity index (χ4n) is 4.27. The van der Waals surface area contributed by atoms with E-state index in [0.29, 0.717) is 6.04 Å². The average molecular weight is 337 g/mol. The van der Waals surface area contributed by atoms with Crippen molar-refractivity contribution in [1.29, 1.82) is 0 Å². The van der Waals surface area contributed by atoms with E-state index >= 15 is 0 Å². The van der Waals surface area contributed by atoms with Crippen molar-refractivity contribution in [2.75, 3.05) is 6.54 Å². The molecule has 0 saturated heterocycles. The Morgan fingerprint density at radius 2 is 2.12 bits per heavy atom. The first-order chi connectivity index (χ1) is 12.2. The van der Waals surface area contributed by atoms with Gasteiger partial charge in [0.25, 0.3) is 0 Å². The highest BCUT2D eigenvalue weighted by atomic mass is 15.2. The van der Waals surface area contributed by atoms with Crippen molar-refractivity contribution in [2.45, 2.75) is 45.2 Å². The minimum atomic E-state index is 0.621. The van der Waals surface area contributed by atoms with Crippen LogP contribution in [0.4, 0.5) is 0 Å². The summed E-state index contributed by atoms with van der Waals surface area (Å²) in [5, 5.41) is 8.12. The van der Waals surface area contributed by atoms with Crippen molar-refractivity contribution in [2.24, 2.45) is 13.0 Å². The molecule has 1 saturated carbocycles. The maximum absolute atomic E-state index is 4.66. The molecule has 1 fully saturated rings. The summed E-state index contributed by atoms with van der Waals surface area (Å²) in [6.07, 6.45) is 9.23. The molecule has 0 amide bonds. The van der Waals surface area contributed by atoms with Crippen molar-refractivity contribution >= 4 is 11.0 Å². The van der Waals surface area contributed by atoms with Crippen LogP contribution in [0.15, 0.2) is 36.7 Å². The van der Waals surface area contributed by atoms with Crippen LogP contribution in [0.2, 0.25) is 0 Å². The van der Waals surface area contributed by atoms with Gasteiger partial charge in [-0.25, -0.2) is 4.98 Å². The zero-order valence-electron chi connectivity index (χ0n) is 15.2. The molecule has 2 aromatic heterocycles. The molecule has 2 unspecified atom stereocenters. The second kappa shape index (κ2) is 7.00. The first-order valence-electron chi connectivity index (χ1n) is 9.33. The average Bonchev–Trinajstić information content (AvgIpc) is 3.29. The molecule has 132 valence electrons. The molecular weight excluding hydrogens is 310 g/mol. The topological polar surface area (TPSA) is 47.7 Å². The summed E-state index contributed by atoms with van der Waals surface area (Å²) in [5.74, 6) is 1.83. The SMILES string of the molecule is Cc1nc2ccccc2n1CCNC1CCCC1Cc1cnn(C)c1. The number of fused-ring (bicyclic) bond motifs is 1. The van der Waals surface area contributed by atoms with Gasteiger partial charge in [-0.3, -0.25) is 4.68 Å². The normalized spacial score (nSPS) is 20.6. The molecule has 4 rings (SSSR count). The number of rotatable bonds is 6. The smallest absolute Gasteiger partial charge is 0.106 e. The molecule has 3 aromatic rings. The van der Waals surface area contributed by atoms with Gasteiger partial charge in [-0.15, -0.1) is 0 Å².